The molecule has 0 saturated heterocycles. The minimum atomic E-state index is -0.599. The van der Waals surface area contributed by atoms with Crippen LogP contribution in [0.3, 0.4) is 0 Å². The van der Waals surface area contributed by atoms with Crippen LogP contribution in [0.15, 0.2) is 34.8 Å². The SMILES string of the molecule is COc1nc(-c2cccc(Br)c2Cl)ccc1CN(CC1CC(O)C1)C(=O)OC(C)(C)C. The fraction of sp³-hybridized carbons (Fsp3) is 0.478. The number of carbonyl (C=O) groups is 1. The Hall–Kier alpha value is -1.83. The molecule has 1 N–H and O–H groups in total. The summed E-state index contributed by atoms with van der Waals surface area (Å²) in [6, 6.07) is 9.42. The van der Waals surface area contributed by atoms with Crippen LogP contribution in [0, 0.1) is 5.92 Å². The monoisotopic (exact) mass is 510 g/mol. The van der Waals surface area contributed by atoms with Gasteiger partial charge in [-0.25, -0.2) is 9.78 Å². The highest BCUT2D eigenvalue weighted by Crippen LogP contribution is 2.35. The van der Waals surface area contributed by atoms with Gasteiger partial charge in [0.1, 0.15) is 5.60 Å². The van der Waals surface area contributed by atoms with E-state index in [0.29, 0.717) is 42.5 Å². The molecule has 0 unspecified atom stereocenters. The first-order chi connectivity index (χ1) is 14.6. The lowest BCUT2D eigenvalue weighted by atomic mass is 9.82. The highest BCUT2D eigenvalue weighted by Gasteiger charge is 2.32. The van der Waals surface area contributed by atoms with Crippen molar-refractivity contribution < 1.29 is 19.4 Å². The summed E-state index contributed by atoms with van der Waals surface area (Å²) in [6.07, 6.45) is 0.704. The van der Waals surface area contributed by atoms with Gasteiger partial charge >= 0.3 is 6.09 Å². The van der Waals surface area contributed by atoms with Gasteiger partial charge in [-0.05, 0) is 73.7 Å². The zero-order valence-electron chi connectivity index (χ0n) is 18.2. The quantitative estimate of drug-likeness (QED) is 0.540. The van der Waals surface area contributed by atoms with Gasteiger partial charge in [0.15, 0.2) is 0 Å². The van der Waals surface area contributed by atoms with Crippen LogP contribution in [-0.4, -0.2) is 46.4 Å². The van der Waals surface area contributed by atoms with Crippen molar-refractivity contribution in [3.63, 3.8) is 0 Å². The van der Waals surface area contributed by atoms with Crippen LogP contribution < -0.4 is 4.74 Å². The normalized spacial score (nSPS) is 18.3. The van der Waals surface area contributed by atoms with Gasteiger partial charge in [-0.1, -0.05) is 23.7 Å². The first-order valence-corrected chi connectivity index (χ1v) is 11.4. The predicted molar refractivity (Wildman–Crippen MR) is 124 cm³/mol. The highest BCUT2D eigenvalue weighted by molar-refractivity contribution is 9.10. The van der Waals surface area contributed by atoms with E-state index in [1.807, 2.05) is 51.1 Å². The number of rotatable bonds is 6. The van der Waals surface area contributed by atoms with E-state index < -0.39 is 11.7 Å². The van der Waals surface area contributed by atoms with Gasteiger partial charge in [0.25, 0.3) is 0 Å². The number of hydrogen-bond donors (Lipinski definition) is 1. The van der Waals surface area contributed by atoms with E-state index in [9.17, 15) is 9.90 Å². The zero-order valence-corrected chi connectivity index (χ0v) is 20.5. The molecule has 1 saturated carbocycles. The van der Waals surface area contributed by atoms with Crippen molar-refractivity contribution in [3.05, 3.63) is 45.4 Å². The lowest BCUT2D eigenvalue weighted by Crippen LogP contribution is -2.43. The van der Waals surface area contributed by atoms with Crippen molar-refractivity contribution in [2.45, 2.75) is 51.9 Å². The molecule has 0 aliphatic heterocycles. The second kappa shape index (κ2) is 9.76. The van der Waals surface area contributed by atoms with E-state index in [0.717, 1.165) is 15.6 Å². The van der Waals surface area contributed by atoms with Crippen LogP contribution >= 0.6 is 27.5 Å². The third-order valence-corrected chi connectivity index (χ3v) is 6.36. The van der Waals surface area contributed by atoms with Crippen molar-refractivity contribution in [2.24, 2.45) is 5.92 Å². The second-order valence-electron chi connectivity index (χ2n) is 8.82. The molecule has 0 radical (unpaired) electrons. The van der Waals surface area contributed by atoms with Gasteiger partial charge in [-0.15, -0.1) is 0 Å². The number of ether oxygens (including phenoxy) is 2. The molecule has 1 aliphatic rings. The van der Waals surface area contributed by atoms with Crippen molar-refractivity contribution in [3.8, 4) is 17.1 Å². The number of pyridine rings is 1. The van der Waals surface area contributed by atoms with Gasteiger partial charge in [0.05, 0.1) is 30.5 Å². The van der Waals surface area contributed by atoms with Gasteiger partial charge in [0.2, 0.25) is 5.88 Å². The lowest BCUT2D eigenvalue weighted by Gasteiger charge is -2.36. The number of aliphatic hydroxyl groups excluding tert-OH is 1. The Morgan fingerprint density at radius 1 is 1.29 bits per heavy atom. The average Bonchev–Trinajstić information content (AvgIpc) is 2.67. The van der Waals surface area contributed by atoms with Crippen LogP contribution in [0.4, 0.5) is 4.79 Å². The minimum Gasteiger partial charge on any atom is -0.481 e. The number of methoxy groups -OCH3 is 1. The number of halogens is 2. The second-order valence-corrected chi connectivity index (χ2v) is 10.1. The van der Waals surface area contributed by atoms with E-state index in [2.05, 4.69) is 20.9 Å². The Morgan fingerprint density at radius 2 is 2.00 bits per heavy atom. The lowest BCUT2D eigenvalue weighted by molar-refractivity contribution is -0.00238. The number of hydrogen-bond acceptors (Lipinski definition) is 5. The molecule has 0 spiro atoms. The molecule has 0 atom stereocenters. The van der Waals surface area contributed by atoms with Gasteiger partial charge in [0, 0.05) is 22.1 Å². The molecular weight excluding hydrogens is 484 g/mol. The third kappa shape index (κ3) is 6.11. The number of benzene rings is 1. The molecular formula is C23H28BrClN2O4. The number of carbonyl (C=O) groups excluding carboxylic acids is 1. The van der Waals surface area contributed by atoms with Crippen LogP contribution in [0.1, 0.15) is 39.2 Å². The number of aromatic nitrogens is 1. The van der Waals surface area contributed by atoms with E-state index in [1.165, 1.54) is 0 Å². The maximum atomic E-state index is 12.8. The Bertz CT molecular complexity index is 942. The summed E-state index contributed by atoms with van der Waals surface area (Å²) < 4.78 is 11.9. The Morgan fingerprint density at radius 3 is 2.61 bits per heavy atom. The van der Waals surface area contributed by atoms with E-state index in [1.54, 1.807) is 12.0 Å². The number of nitrogens with zero attached hydrogens (tertiary/aromatic N) is 2. The molecule has 1 heterocycles. The average molecular weight is 512 g/mol. The summed E-state index contributed by atoms with van der Waals surface area (Å²) in [5.74, 6) is 0.678. The number of aliphatic hydroxyl groups is 1. The molecule has 3 rings (SSSR count). The largest absolute Gasteiger partial charge is 0.481 e. The topological polar surface area (TPSA) is 71.9 Å². The molecule has 2 aromatic rings. The number of amides is 1. The summed E-state index contributed by atoms with van der Waals surface area (Å²) in [6.45, 7) is 6.33. The molecule has 8 heteroatoms. The smallest absolute Gasteiger partial charge is 0.410 e. The summed E-state index contributed by atoms with van der Waals surface area (Å²) >= 11 is 9.86. The van der Waals surface area contributed by atoms with Crippen LogP contribution in [-0.2, 0) is 11.3 Å². The molecule has 31 heavy (non-hydrogen) atoms. The standard InChI is InChI=1S/C23H28BrClN2O4/c1-23(2,3)31-22(29)27(12-14-10-16(28)11-14)13-15-8-9-19(26-21(15)30-4)17-6-5-7-18(24)20(17)25/h5-9,14,16,28H,10-13H2,1-4H3. The Kier molecular flexibility index (Phi) is 7.50. The van der Waals surface area contributed by atoms with Gasteiger partial charge in [-0.3, -0.25) is 0 Å². The minimum absolute atomic E-state index is 0.251. The van der Waals surface area contributed by atoms with Crippen molar-refractivity contribution in [1.82, 2.24) is 9.88 Å². The molecule has 0 bridgehead atoms. The zero-order chi connectivity index (χ0) is 22.8. The molecule has 1 fully saturated rings. The highest BCUT2D eigenvalue weighted by atomic mass is 79.9. The summed E-state index contributed by atoms with van der Waals surface area (Å²) in [5.41, 5.74) is 1.63. The van der Waals surface area contributed by atoms with Crippen molar-refractivity contribution >= 4 is 33.6 Å². The fourth-order valence-corrected chi connectivity index (χ4v) is 4.10. The van der Waals surface area contributed by atoms with E-state index >= 15 is 0 Å². The Labute approximate surface area is 196 Å². The summed E-state index contributed by atoms with van der Waals surface area (Å²) in [5, 5.41) is 10.2. The summed E-state index contributed by atoms with van der Waals surface area (Å²) in [4.78, 5) is 19.1. The van der Waals surface area contributed by atoms with Gasteiger partial charge in [-0.2, -0.15) is 0 Å². The molecule has 1 aliphatic carbocycles. The molecule has 1 aromatic heterocycles. The van der Waals surface area contributed by atoms with Crippen LogP contribution in [0.25, 0.3) is 11.3 Å². The maximum Gasteiger partial charge on any atom is 0.410 e. The summed E-state index contributed by atoms with van der Waals surface area (Å²) in [7, 11) is 1.55. The third-order valence-electron chi connectivity index (χ3n) is 5.06. The molecule has 6 nitrogen and oxygen atoms in total. The van der Waals surface area contributed by atoms with Crippen molar-refractivity contribution in [2.75, 3.05) is 13.7 Å². The van der Waals surface area contributed by atoms with E-state index in [4.69, 9.17) is 21.1 Å². The van der Waals surface area contributed by atoms with Crippen LogP contribution in [0.2, 0.25) is 5.02 Å². The molecule has 1 amide bonds. The predicted octanol–water partition coefficient (Wildman–Crippen LogP) is 5.68. The first-order valence-electron chi connectivity index (χ1n) is 10.2. The molecule has 1 aromatic carbocycles. The fourth-order valence-electron chi connectivity index (χ4n) is 3.51. The maximum absolute atomic E-state index is 12.8. The van der Waals surface area contributed by atoms with Gasteiger partial charge < -0.3 is 19.5 Å². The Balaban J connectivity index is 1.85. The van der Waals surface area contributed by atoms with Crippen LogP contribution in [0.5, 0.6) is 5.88 Å². The molecule has 168 valence electrons. The first kappa shape index (κ1) is 23.8. The van der Waals surface area contributed by atoms with Crippen molar-refractivity contribution in [1.29, 1.82) is 0 Å². The van der Waals surface area contributed by atoms with E-state index in [-0.39, 0.29) is 12.0 Å².